The Balaban J connectivity index is 1.74. The molecule has 1 heterocycles. The van der Waals surface area contributed by atoms with Gasteiger partial charge in [-0.3, -0.25) is 4.79 Å². The monoisotopic (exact) mass is 399 g/mol. The number of nitrogens with zero attached hydrogens (tertiary/aromatic N) is 3. The van der Waals surface area contributed by atoms with Gasteiger partial charge in [0.15, 0.2) is 0 Å². The van der Waals surface area contributed by atoms with E-state index in [0.29, 0.717) is 34.6 Å². The first-order valence-electron chi connectivity index (χ1n) is 9.10. The summed E-state index contributed by atoms with van der Waals surface area (Å²) in [5, 5.41) is 4.63. The van der Waals surface area contributed by atoms with Gasteiger partial charge in [0, 0.05) is 22.7 Å². The highest BCUT2D eigenvalue weighted by Gasteiger charge is 2.19. The van der Waals surface area contributed by atoms with E-state index in [2.05, 4.69) is 10.1 Å². The SMILES string of the molecule is CCN(Cc1nc(-c2ccc(Cl)cc2)no1)C(=O)c1cccc(OC(C)C)c1. The fourth-order valence-electron chi connectivity index (χ4n) is 2.68. The average molecular weight is 400 g/mol. The number of hydrogen-bond acceptors (Lipinski definition) is 5. The zero-order valence-corrected chi connectivity index (χ0v) is 16.8. The van der Waals surface area contributed by atoms with Crippen LogP contribution in [-0.2, 0) is 6.54 Å². The lowest BCUT2D eigenvalue weighted by Gasteiger charge is -2.19. The van der Waals surface area contributed by atoms with Crippen LogP contribution in [-0.4, -0.2) is 33.6 Å². The lowest BCUT2D eigenvalue weighted by Crippen LogP contribution is -2.30. The summed E-state index contributed by atoms with van der Waals surface area (Å²) in [5.41, 5.74) is 1.35. The third kappa shape index (κ3) is 4.89. The molecule has 0 bridgehead atoms. The third-order valence-electron chi connectivity index (χ3n) is 4.02. The van der Waals surface area contributed by atoms with Crippen LogP contribution in [0.15, 0.2) is 53.1 Å². The van der Waals surface area contributed by atoms with Crippen molar-refractivity contribution in [1.29, 1.82) is 0 Å². The minimum Gasteiger partial charge on any atom is -0.491 e. The van der Waals surface area contributed by atoms with Crippen molar-refractivity contribution in [3.8, 4) is 17.1 Å². The Morgan fingerprint density at radius 2 is 1.96 bits per heavy atom. The summed E-state index contributed by atoms with van der Waals surface area (Å²) in [7, 11) is 0. The fraction of sp³-hybridized carbons (Fsp3) is 0.286. The second kappa shape index (κ2) is 8.89. The normalized spacial score (nSPS) is 10.9. The smallest absolute Gasteiger partial charge is 0.254 e. The first-order valence-corrected chi connectivity index (χ1v) is 9.48. The van der Waals surface area contributed by atoms with Crippen molar-refractivity contribution in [2.75, 3.05) is 6.54 Å². The molecule has 0 fully saturated rings. The third-order valence-corrected chi connectivity index (χ3v) is 4.27. The van der Waals surface area contributed by atoms with E-state index >= 15 is 0 Å². The van der Waals surface area contributed by atoms with E-state index in [4.69, 9.17) is 20.9 Å². The molecule has 0 N–H and O–H groups in total. The molecule has 0 spiro atoms. The van der Waals surface area contributed by atoms with Crippen LogP contribution in [0.4, 0.5) is 0 Å². The Morgan fingerprint density at radius 3 is 2.64 bits per heavy atom. The predicted octanol–water partition coefficient (Wildman–Crippen LogP) is 4.84. The second-order valence-corrected chi connectivity index (χ2v) is 6.97. The van der Waals surface area contributed by atoms with Crippen LogP contribution in [0.2, 0.25) is 5.02 Å². The molecule has 6 nitrogen and oxygen atoms in total. The van der Waals surface area contributed by atoms with Gasteiger partial charge in [0.1, 0.15) is 12.3 Å². The van der Waals surface area contributed by atoms with Crippen LogP contribution < -0.4 is 4.74 Å². The standard InChI is InChI=1S/C21H22ClN3O3/c1-4-25(21(26)16-6-5-7-18(12-16)27-14(2)3)13-19-23-20(24-28-19)15-8-10-17(22)11-9-15/h5-12,14H,4,13H2,1-3H3. The van der Waals surface area contributed by atoms with E-state index in [0.717, 1.165) is 5.56 Å². The minimum absolute atomic E-state index is 0.0392. The molecule has 1 amide bonds. The molecule has 0 aliphatic rings. The molecule has 0 saturated carbocycles. The maximum Gasteiger partial charge on any atom is 0.254 e. The van der Waals surface area contributed by atoms with Crippen LogP contribution in [0.5, 0.6) is 5.75 Å². The number of rotatable bonds is 7. The van der Waals surface area contributed by atoms with Gasteiger partial charge in [-0.15, -0.1) is 0 Å². The zero-order valence-electron chi connectivity index (χ0n) is 16.1. The van der Waals surface area contributed by atoms with Gasteiger partial charge in [0.05, 0.1) is 6.10 Å². The Hall–Kier alpha value is -2.86. The number of aromatic nitrogens is 2. The van der Waals surface area contributed by atoms with Crippen LogP contribution in [0.3, 0.4) is 0 Å². The van der Waals surface area contributed by atoms with E-state index in [1.54, 1.807) is 29.2 Å². The Morgan fingerprint density at radius 1 is 1.21 bits per heavy atom. The van der Waals surface area contributed by atoms with Crippen LogP contribution in [0, 0.1) is 0 Å². The topological polar surface area (TPSA) is 68.5 Å². The molecular weight excluding hydrogens is 378 g/mol. The van der Waals surface area contributed by atoms with E-state index < -0.39 is 0 Å². The van der Waals surface area contributed by atoms with Crippen molar-refractivity contribution < 1.29 is 14.1 Å². The number of ether oxygens (including phenoxy) is 1. The molecule has 0 atom stereocenters. The number of carbonyl (C=O) groups is 1. The second-order valence-electron chi connectivity index (χ2n) is 6.53. The van der Waals surface area contributed by atoms with Crippen LogP contribution in [0.1, 0.15) is 37.0 Å². The van der Waals surface area contributed by atoms with E-state index in [-0.39, 0.29) is 18.6 Å². The maximum absolute atomic E-state index is 12.9. The highest BCUT2D eigenvalue weighted by Crippen LogP contribution is 2.20. The van der Waals surface area contributed by atoms with E-state index in [9.17, 15) is 4.79 Å². The van der Waals surface area contributed by atoms with E-state index in [1.807, 2.05) is 45.0 Å². The number of carbonyl (C=O) groups excluding carboxylic acids is 1. The van der Waals surface area contributed by atoms with Gasteiger partial charge in [-0.1, -0.05) is 22.8 Å². The molecule has 1 aromatic heterocycles. The molecular formula is C21H22ClN3O3. The van der Waals surface area contributed by atoms with Crippen molar-refractivity contribution in [2.24, 2.45) is 0 Å². The van der Waals surface area contributed by atoms with Gasteiger partial charge in [-0.2, -0.15) is 4.98 Å². The molecule has 0 aliphatic carbocycles. The van der Waals surface area contributed by atoms with Crippen molar-refractivity contribution in [2.45, 2.75) is 33.4 Å². The molecule has 0 saturated heterocycles. The van der Waals surface area contributed by atoms with E-state index in [1.165, 1.54) is 0 Å². The van der Waals surface area contributed by atoms with Gasteiger partial charge in [-0.05, 0) is 63.2 Å². The Labute approximate surface area is 169 Å². The summed E-state index contributed by atoms with van der Waals surface area (Å²) in [6, 6.07) is 14.3. The molecule has 28 heavy (non-hydrogen) atoms. The lowest BCUT2D eigenvalue weighted by atomic mass is 10.2. The number of hydrogen-bond donors (Lipinski definition) is 0. The predicted molar refractivity (Wildman–Crippen MR) is 107 cm³/mol. The highest BCUT2D eigenvalue weighted by atomic mass is 35.5. The van der Waals surface area contributed by atoms with Crippen LogP contribution in [0.25, 0.3) is 11.4 Å². The maximum atomic E-state index is 12.9. The van der Waals surface area contributed by atoms with Gasteiger partial charge in [0.25, 0.3) is 5.91 Å². The molecule has 146 valence electrons. The first-order chi connectivity index (χ1) is 13.5. The fourth-order valence-corrected chi connectivity index (χ4v) is 2.81. The average Bonchev–Trinajstić information content (AvgIpc) is 3.14. The molecule has 0 aliphatic heterocycles. The number of amides is 1. The van der Waals surface area contributed by atoms with Gasteiger partial charge >= 0.3 is 0 Å². The van der Waals surface area contributed by atoms with Crippen molar-refractivity contribution in [1.82, 2.24) is 15.0 Å². The summed E-state index contributed by atoms with van der Waals surface area (Å²) in [4.78, 5) is 18.9. The quantitative estimate of drug-likeness (QED) is 0.568. The minimum atomic E-state index is -0.122. The van der Waals surface area contributed by atoms with Crippen molar-refractivity contribution in [3.63, 3.8) is 0 Å². The van der Waals surface area contributed by atoms with Gasteiger partial charge < -0.3 is 14.2 Å². The first kappa shape index (κ1) is 19.9. The largest absolute Gasteiger partial charge is 0.491 e. The summed E-state index contributed by atoms with van der Waals surface area (Å²) < 4.78 is 11.0. The van der Waals surface area contributed by atoms with Crippen molar-refractivity contribution >= 4 is 17.5 Å². The lowest BCUT2D eigenvalue weighted by molar-refractivity contribution is 0.0734. The van der Waals surface area contributed by atoms with Crippen LogP contribution >= 0.6 is 11.6 Å². The molecule has 3 rings (SSSR count). The zero-order chi connectivity index (χ0) is 20.1. The molecule has 0 radical (unpaired) electrons. The highest BCUT2D eigenvalue weighted by molar-refractivity contribution is 6.30. The number of benzene rings is 2. The van der Waals surface area contributed by atoms with Gasteiger partial charge in [0.2, 0.25) is 11.7 Å². The summed E-state index contributed by atoms with van der Waals surface area (Å²) in [5.74, 6) is 1.37. The number of halogens is 1. The van der Waals surface area contributed by atoms with Crippen molar-refractivity contribution in [3.05, 3.63) is 65.0 Å². The molecule has 2 aromatic carbocycles. The molecule has 7 heteroatoms. The van der Waals surface area contributed by atoms with Gasteiger partial charge in [-0.25, -0.2) is 0 Å². The summed E-state index contributed by atoms with van der Waals surface area (Å²) in [6.07, 6.45) is 0.0392. The Kier molecular flexibility index (Phi) is 6.31. The summed E-state index contributed by atoms with van der Waals surface area (Å²) in [6.45, 7) is 6.53. The Bertz CT molecular complexity index is 938. The summed E-state index contributed by atoms with van der Waals surface area (Å²) >= 11 is 5.91. The molecule has 3 aromatic rings. The molecule has 0 unspecified atom stereocenters.